The van der Waals surface area contributed by atoms with Crippen LogP contribution in [0, 0.1) is 0 Å². The molecule has 0 aromatic heterocycles. The molecule has 0 aliphatic carbocycles. The fourth-order valence-electron chi connectivity index (χ4n) is 0.529. The Balaban J connectivity index is 4.18. The van der Waals surface area contributed by atoms with Crippen molar-refractivity contribution in [1.82, 2.24) is 5.32 Å². The highest BCUT2D eigenvalue weighted by Gasteiger charge is 1.97. The van der Waals surface area contributed by atoms with E-state index in [9.17, 15) is 4.79 Å². The molecule has 0 aliphatic heterocycles. The highest BCUT2D eigenvalue weighted by Crippen LogP contribution is 1.95. The van der Waals surface area contributed by atoms with Crippen LogP contribution in [-0.4, -0.2) is 13.0 Å². The normalized spacial score (nSPS) is 11.7. The first-order chi connectivity index (χ1) is 5.61. The molecule has 0 bridgehead atoms. The molecule has 0 spiro atoms. The van der Waals surface area contributed by atoms with E-state index in [2.05, 4.69) is 11.9 Å². The number of likely N-dealkylation sites (N-methyl/N-ethyl adjacent to an activating group) is 1. The SMILES string of the molecule is C=C(/C=C\C(N)=C/C)C(=O)NC. The third-order valence-corrected chi connectivity index (χ3v) is 1.33. The molecule has 3 nitrogen and oxygen atoms in total. The molecule has 0 aliphatic rings. The van der Waals surface area contributed by atoms with E-state index in [0.29, 0.717) is 11.3 Å². The van der Waals surface area contributed by atoms with Crippen molar-refractivity contribution in [3.8, 4) is 0 Å². The maximum Gasteiger partial charge on any atom is 0.250 e. The predicted octanol–water partition coefficient (Wildman–Crippen LogP) is 0.707. The number of amides is 1. The first-order valence-electron chi connectivity index (χ1n) is 3.62. The largest absolute Gasteiger partial charge is 0.399 e. The number of nitrogens with one attached hydrogen (secondary N) is 1. The molecular weight excluding hydrogens is 152 g/mol. The summed E-state index contributed by atoms with van der Waals surface area (Å²) in [5, 5.41) is 2.46. The molecule has 0 atom stereocenters. The van der Waals surface area contributed by atoms with Crippen molar-refractivity contribution in [2.24, 2.45) is 5.73 Å². The van der Waals surface area contributed by atoms with Gasteiger partial charge in [0.2, 0.25) is 5.91 Å². The van der Waals surface area contributed by atoms with Gasteiger partial charge in [0.15, 0.2) is 0 Å². The zero-order valence-corrected chi connectivity index (χ0v) is 7.42. The highest BCUT2D eigenvalue weighted by molar-refractivity contribution is 5.95. The molecule has 3 heteroatoms. The summed E-state index contributed by atoms with van der Waals surface area (Å²) in [6.07, 6.45) is 4.96. The molecule has 3 N–H and O–H groups in total. The number of rotatable bonds is 3. The summed E-state index contributed by atoms with van der Waals surface area (Å²) in [6, 6.07) is 0. The van der Waals surface area contributed by atoms with Crippen molar-refractivity contribution in [1.29, 1.82) is 0 Å². The monoisotopic (exact) mass is 166 g/mol. The van der Waals surface area contributed by atoms with Crippen LogP contribution in [0.2, 0.25) is 0 Å². The van der Waals surface area contributed by atoms with Crippen LogP contribution in [-0.2, 0) is 4.79 Å². The van der Waals surface area contributed by atoms with Gasteiger partial charge in [0.25, 0.3) is 0 Å². The molecule has 0 radical (unpaired) electrons. The van der Waals surface area contributed by atoms with Crippen LogP contribution in [0.25, 0.3) is 0 Å². The Morgan fingerprint density at radius 3 is 2.50 bits per heavy atom. The second-order valence-electron chi connectivity index (χ2n) is 2.23. The van der Waals surface area contributed by atoms with Gasteiger partial charge in [-0.25, -0.2) is 0 Å². The minimum Gasteiger partial charge on any atom is -0.399 e. The van der Waals surface area contributed by atoms with Crippen LogP contribution in [0.1, 0.15) is 6.92 Å². The van der Waals surface area contributed by atoms with E-state index in [1.807, 2.05) is 6.92 Å². The van der Waals surface area contributed by atoms with Gasteiger partial charge in [-0.15, -0.1) is 0 Å². The fraction of sp³-hybridized carbons (Fsp3) is 0.222. The number of carbonyl (C=O) groups is 1. The first-order valence-corrected chi connectivity index (χ1v) is 3.62. The quantitative estimate of drug-likeness (QED) is 0.479. The minimum atomic E-state index is -0.199. The van der Waals surface area contributed by atoms with Gasteiger partial charge in [-0.1, -0.05) is 12.7 Å². The smallest absolute Gasteiger partial charge is 0.250 e. The van der Waals surface area contributed by atoms with Gasteiger partial charge in [0, 0.05) is 18.3 Å². The summed E-state index contributed by atoms with van der Waals surface area (Å²) in [7, 11) is 1.56. The number of carbonyl (C=O) groups excluding carboxylic acids is 1. The Hall–Kier alpha value is -1.51. The van der Waals surface area contributed by atoms with E-state index in [1.165, 1.54) is 0 Å². The Labute approximate surface area is 72.6 Å². The Morgan fingerprint density at radius 1 is 1.50 bits per heavy atom. The maximum atomic E-state index is 10.9. The maximum absolute atomic E-state index is 10.9. The summed E-state index contributed by atoms with van der Waals surface area (Å²) < 4.78 is 0. The lowest BCUT2D eigenvalue weighted by molar-refractivity contribution is -0.116. The molecule has 0 heterocycles. The molecule has 0 rings (SSSR count). The van der Waals surface area contributed by atoms with Crippen molar-refractivity contribution >= 4 is 5.91 Å². The minimum absolute atomic E-state index is 0.199. The summed E-state index contributed by atoms with van der Waals surface area (Å²) in [5.74, 6) is -0.199. The lowest BCUT2D eigenvalue weighted by Gasteiger charge is -1.96. The van der Waals surface area contributed by atoms with Crippen LogP contribution in [0.15, 0.2) is 36.1 Å². The Morgan fingerprint density at radius 2 is 2.08 bits per heavy atom. The first kappa shape index (κ1) is 10.5. The van der Waals surface area contributed by atoms with Crippen LogP contribution in [0.4, 0.5) is 0 Å². The number of hydrogen-bond acceptors (Lipinski definition) is 2. The van der Waals surface area contributed by atoms with Crippen LogP contribution in [0.3, 0.4) is 0 Å². The standard InChI is InChI=1S/C9H14N2O/c1-4-8(10)6-5-7(2)9(12)11-3/h4-6H,2,10H2,1,3H3,(H,11,12)/b6-5-,8-4+. The second-order valence-corrected chi connectivity index (χ2v) is 2.23. The van der Waals surface area contributed by atoms with Crippen LogP contribution in [0.5, 0.6) is 0 Å². The van der Waals surface area contributed by atoms with E-state index in [4.69, 9.17) is 5.73 Å². The zero-order valence-electron chi connectivity index (χ0n) is 7.42. The molecule has 0 aromatic carbocycles. The average Bonchev–Trinajstić information content (AvgIpc) is 2.11. The molecule has 0 saturated carbocycles. The van der Waals surface area contributed by atoms with Gasteiger partial charge in [0.05, 0.1) is 0 Å². The molecule has 12 heavy (non-hydrogen) atoms. The van der Waals surface area contributed by atoms with Gasteiger partial charge in [-0.3, -0.25) is 4.79 Å². The van der Waals surface area contributed by atoms with Gasteiger partial charge >= 0.3 is 0 Å². The predicted molar refractivity (Wildman–Crippen MR) is 50.3 cm³/mol. The molecule has 0 saturated heterocycles. The molecule has 66 valence electrons. The van der Waals surface area contributed by atoms with Crippen molar-refractivity contribution in [2.75, 3.05) is 7.05 Å². The number of allylic oxidation sites excluding steroid dienone is 2. The number of nitrogens with two attached hydrogens (primary N) is 1. The van der Waals surface area contributed by atoms with Crippen molar-refractivity contribution in [2.45, 2.75) is 6.92 Å². The van der Waals surface area contributed by atoms with E-state index >= 15 is 0 Å². The van der Waals surface area contributed by atoms with Crippen molar-refractivity contribution < 1.29 is 4.79 Å². The van der Waals surface area contributed by atoms with Gasteiger partial charge in [-0.05, 0) is 19.1 Å². The van der Waals surface area contributed by atoms with Crippen LogP contribution >= 0.6 is 0 Å². The van der Waals surface area contributed by atoms with Gasteiger partial charge < -0.3 is 11.1 Å². The summed E-state index contributed by atoms with van der Waals surface area (Å²) in [5.41, 5.74) is 6.47. The molecular formula is C9H14N2O. The zero-order chi connectivity index (χ0) is 9.56. The molecule has 0 aromatic rings. The van der Waals surface area contributed by atoms with E-state index in [0.717, 1.165) is 0 Å². The third kappa shape index (κ3) is 3.61. The van der Waals surface area contributed by atoms with E-state index < -0.39 is 0 Å². The summed E-state index contributed by atoms with van der Waals surface area (Å²) in [6.45, 7) is 5.37. The molecule has 1 amide bonds. The summed E-state index contributed by atoms with van der Waals surface area (Å²) in [4.78, 5) is 10.9. The second kappa shape index (κ2) is 5.18. The van der Waals surface area contributed by atoms with Gasteiger partial charge in [-0.2, -0.15) is 0 Å². The fourth-order valence-corrected chi connectivity index (χ4v) is 0.529. The molecule has 0 fully saturated rings. The van der Waals surface area contributed by atoms with E-state index in [1.54, 1.807) is 25.3 Å². The summed E-state index contributed by atoms with van der Waals surface area (Å²) >= 11 is 0. The third-order valence-electron chi connectivity index (χ3n) is 1.33. The van der Waals surface area contributed by atoms with E-state index in [-0.39, 0.29) is 5.91 Å². The average molecular weight is 166 g/mol. The topological polar surface area (TPSA) is 55.1 Å². The molecule has 0 unspecified atom stereocenters. The Kier molecular flexibility index (Phi) is 4.53. The lowest BCUT2D eigenvalue weighted by Crippen LogP contribution is -2.18. The lowest BCUT2D eigenvalue weighted by atomic mass is 10.2. The van der Waals surface area contributed by atoms with Gasteiger partial charge in [0.1, 0.15) is 0 Å². The Bertz CT molecular complexity index is 239. The van der Waals surface area contributed by atoms with Crippen LogP contribution < -0.4 is 11.1 Å². The number of hydrogen-bond donors (Lipinski definition) is 2. The highest BCUT2D eigenvalue weighted by atomic mass is 16.1. The van der Waals surface area contributed by atoms with Crippen molar-refractivity contribution in [3.05, 3.63) is 36.1 Å². The van der Waals surface area contributed by atoms with Crippen molar-refractivity contribution in [3.63, 3.8) is 0 Å².